The molecule has 0 saturated carbocycles. The molecule has 1 aliphatic heterocycles. The van der Waals surface area contributed by atoms with Gasteiger partial charge in [-0.25, -0.2) is 22.5 Å². The number of anilines is 1. The first-order valence-corrected chi connectivity index (χ1v) is 16.5. The summed E-state index contributed by atoms with van der Waals surface area (Å²) in [6.07, 6.45) is -0.534. The predicted molar refractivity (Wildman–Crippen MR) is 177 cm³/mol. The summed E-state index contributed by atoms with van der Waals surface area (Å²) in [6, 6.07) is 21.0. The van der Waals surface area contributed by atoms with Crippen LogP contribution in [0.2, 0.25) is 5.02 Å². The largest absolute Gasteiger partial charge is 0.436 e. The smallest absolute Gasteiger partial charge is 0.414 e. The Bertz CT molecular complexity index is 2260. The van der Waals surface area contributed by atoms with E-state index >= 15 is 0 Å². The number of nitro groups is 1. The number of rotatable bonds is 9. The van der Waals surface area contributed by atoms with Gasteiger partial charge in [0.2, 0.25) is 11.9 Å². The molecule has 1 fully saturated rings. The van der Waals surface area contributed by atoms with Crippen molar-refractivity contribution in [3.8, 4) is 0 Å². The number of hydrogen-bond donors (Lipinski definition) is 2. The zero-order valence-corrected chi connectivity index (χ0v) is 27.2. The van der Waals surface area contributed by atoms with E-state index in [9.17, 15) is 37.7 Å². The second-order valence-corrected chi connectivity index (χ2v) is 13.1. The number of carbonyl (C=O) groups excluding carboxylic acids is 3. The lowest BCUT2D eigenvalue weighted by Crippen LogP contribution is -2.54. The number of piperazine rings is 1. The second-order valence-electron chi connectivity index (χ2n) is 10.8. The maximum Gasteiger partial charge on any atom is 0.414 e. The predicted octanol–water partition coefficient (Wildman–Crippen LogP) is 3.08. The molecule has 3 amide bonds. The summed E-state index contributed by atoms with van der Waals surface area (Å²) in [5, 5.41) is 13.8. The molecule has 0 atom stereocenters. The molecule has 2 aromatic heterocycles. The Balaban J connectivity index is 1.16. The fraction of sp³-hybridized carbons (Fsp3) is 0.161. The van der Waals surface area contributed by atoms with Crippen LogP contribution in [-0.2, 0) is 30.9 Å². The molecule has 0 aliphatic carbocycles. The van der Waals surface area contributed by atoms with Crippen LogP contribution in [0.5, 0.6) is 0 Å². The van der Waals surface area contributed by atoms with Gasteiger partial charge in [-0.15, -0.1) is 0 Å². The van der Waals surface area contributed by atoms with Gasteiger partial charge in [-0.05, 0) is 23.3 Å². The maximum atomic E-state index is 13.3. The molecular formula is C31H25ClN8O9S. The third-order valence-electron chi connectivity index (χ3n) is 7.65. The standard InChI is InChI=1S/C31H25ClN8O9S/c32-21-11-12-23(22(15-21)40(45)46)50(47,48)39-14-13-37(17-25(39)42)24(41)16-38-18-33-26-28(38)34-30(35-29(26)43)36-31(44)49-27(19-7-3-1-4-8-19)20-9-5-2-6-10-20/h1-12,15,18,27H,13-14,16-17H2,(H2,34,35,36,43,44). The molecule has 256 valence electrons. The van der Waals surface area contributed by atoms with Crippen molar-refractivity contribution >= 4 is 62.3 Å². The summed E-state index contributed by atoms with van der Waals surface area (Å²) >= 11 is 5.80. The number of amides is 3. The van der Waals surface area contributed by atoms with Gasteiger partial charge >= 0.3 is 6.09 Å². The van der Waals surface area contributed by atoms with Crippen molar-refractivity contribution < 1.29 is 32.5 Å². The Hall–Kier alpha value is -6.14. The summed E-state index contributed by atoms with van der Waals surface area (Å²) < 4.78 is 33.9. The molecule has 0 unspecified atom stereocenters. The van der Waals surface area contributed by atoms with Crippen LogP contribution < -0.4 is 10.9 Å². The summed E-state index contributed by atoms with van der Waals surface area (Å²) in [5.41, 5.74) is -0.324. The molecule has 1 aliphatic rings. The molecule has 0 bridgehead atoms. The number of ether oxygens (including phenoxy) is 1. The number of hydrogen-bond acceptors (Lipinski definition) is 11. The number of nitrogens with zero attached hydrogens (tertiary/aromatic N) is 6. The Kier molecular flexibility index (Phi) is 9.29. The van der Waals surface area contributed by atoms with Crippen LogP contribution in [-0.4, -0.2) is 79.6 Å². The number of halogens is 1. The third-order valence-corrected chi connectivity index (χ3v) is 9.75. The molecule has 3 heterocycles. The fourth-order valence-corrected chi connectivity index (χ4v) is 6.98. The van der Waals surface area contributed by atoms with Gasteiger partial charge < -0.3 is 14.2 Å². The minimum Gasteiger partial charge on any atom is -0.436 e. The zero-order valence-electron chi connectivity index (χ0n) is 25.6. The first kappa shape index (κ1) is 33.7. The van der Waals surface area contributed by atoms with Crippen molar-refractivity contribution in [1.29, 1.82) is 0 Å². The third kappa shape index (κ3) is 6.87. The number of nitro benzene ring substituents is 1. The van der Waals surface area contributed by atoms with Crippen LogP contribution in [0.4, 0.5) is 16.4 Å². The molecule has 3 aromatic carbocycles. The highest BCUT2D eigenvalue weighted by Crippen LogP contribution is 2.30. The van der Waals surface area contributed by atoms with Gasteiger partial charge in [0.1, 0.15) is 13.1 Å². The second kappa shape index (κ2) is 13.8. The topological polar surface area (TPSA) is 220 Å². The van der Waals surface area contributed by atoms with Crippen LogP contribution in [0.1, 0.15) is 17.2 Å². The zero-order chi connectivity index (χ0) is 35.6. The lowest BCUT2D eigenvalue weighted by Gasteiger charge is -2.33. The van der Waals surface area contributed by atoms with Crippen LogP contribution >= 0.6 is 11.6 Å². The van der Waals surface area contributed by atoms with Gasteiger partial charge in [-0.1, -0.05) is 72.3 Å². The number of benzene rings is 3. The van der Waals surface area contributed by atoms with Crippen LogP contribution in [0.3, 0.4) is 0 Å². The SMILES string of the molecule is O=C(Nc1nc2c(ncn2CC(=O)N2CCN(S(=O)(=O)c3ccc(Cl)cc3[N+](=O)[O-])C(=O)C2)c(=O)[nH]1)OC(c1ccccc1)c1ccccc1. The lowest BCUT2D eigenvalue weighted by molar-refractivity contribution is -0.387. The molecule has 1 saturated heterocycles. The molecule has 5 aromatic rings. The molecule has 17 nitrogen and oxygen atoms in total. The van der Waals surface area contributed by atoms with Crippen molar-refractivity contribution in [2.24, 2.45) is 0 Å². The highest BCUT2D eigenvalue weighted by Gasteiger charge is 2.39. The van der Waals surface area contributed by atoms with E-state index in [1.807, 2.05) is 12.1 Å². The number of nitrogens with one attached hydrogen (secondary N) is 2. The number of sulfonamides is 1. The highest BCUT2D eigenvalue weighted by atomic mass is 35.5. The van der Waals surface area contributed by atoms with E-state index in [4.69, 9.17) is 16.3 Å². The first-order valence-electron chi connectivity index (χ1n) is 14.7. The monoisotopic (exact) mass is 720 g/mol. The van der Waals surface area contributed by atoms with Crippen LogP contribution in [0, 0.1) is 10.1 Å². The lowest BCUT2D eigenvalue weighted by atomic mass is 10.0. The summed E-state index contributed by atoms with van der Waals surface area (Å²) in [7, 11) is -4.65. The van der Waals surface area contributed by atoms with E-state index in [1.54, 1.807) is 48.5 Å². The van der Waals surface area contributed by atoms with Crippen molar-refractivity contribution in [3.63, 3.8) is 0 Å². The number of H-pyrrole nitrogens is 1. The number of imidazole rings is 1. The minimum absolute atomic E-state index is 0.0662. The first-order chi connectivity index (χ1) is 23.9. The van der Waals surface area contributed by atoms with Gasteiger partial charge in [0.05, 0.1) is 17.8 Å². The van der Waals surface area contributed by atoms with Gasteiger partial charge in [-0.2, -0.15) is 4.98 Å². The average Bonchev–Trinajstić information content (AvgIpc) is 3.50. The molecule has 6 rings (SSSR count). The molecule has 0 spiro atoms. The number of aromatic amines is 1. The fourth-order valence-electron chi connectivity index (χ4n) is 5.29. The summed E-state index contributed by atoms with van der Waals surface area (Å²) in [6.45, 7) is -1.81. The number of fused-ring (bicyclic) bond motifs is 1. The summed E-state index contributed by atoms with van der Waals surface area (Å²) in [4.78, 5) is 73.6. The van der Waals surface area contributed by atoms with E-state index in [0.29, 0.717) is 15.4 Å². The Morgan fingerprint density at radius 2 is 1.68 bits per heavy atom. The average molecular weight is 721 g/mol. The van der Waals surface area contributed by atoms with Gasteiger partial charge in [0, 0.05) is 17.6 Å². The number of aromatic nitrogens is 4. The van der Waals surface area contributed by atoms with E-state index in [1.165, 1.54) is 10.9 Å². The van der Waals surface area contributed by atoms with Gasteiger partial charge in [-0.3, -0.25) is 34.8 Å². The molecule has 0 radical (unpaired) electrons. The van der Waals surface area contributed by atoms with Crippen molar-refractivity contribution in [1.82, 2.24) is 28.7 Å². The minimum atomic E-state index is -4.65. The van der Waals surface area contributed by atoms with Crippen LogP contribution in [0.15, 0.2) is 94.9 Å². The Labute approximate surface area is 287 Å². The van der Waals surface area contributed by atoms with E-state index in [0.717, 1.165) is 23.1 Å². The molecule has 19 heteroatoms. The van der Waals surface area contributed by atoms with E-state index in [-0.39, 0.29) is 28.7 Å². The molecular weight excluding hydrogens is 696 g/mol. The van der Waals surface area contributed by atoms with E-state index in [2.05, 4.69) is 20.3 Å². The quantitative estimate of drug-likeness (QED) is 0.166. The summed E-state index contributed by atoms with van der Waals surface area (Å²) in [5.74, 6) is -1.92. The van der Waals surface area contributed by atoms with Crippen molar-refractivity contribution in [2.75, 3.05) is 25.0 Å². The highest BCUT2D eigenvalue weighted by molar-refractivity contribution is 7.89. The van der Waals surface area contributed by atoms with Gasteiger partial charge in [0.25, 0.3) is 27.2 Å². The van der Waals surface area contributed by atoms with E-state index < -0.39 is 74.7 Å². The van der Waals surface area contributed by atoms with Crippen molar-refractivity contribution in [3.05, 3.63) is 122 Å². The maximum absolute atomic E-state index is 13.3. The Morgan fingerprint density at radius 1 is 1.02 bits per heavy atom. The normalized spacial score (nSPS) is 13.4. The molecule has 2 N–H and O–H groups in total. The Morgan fingerprint density at radius 3 is 2.30 bits per heavy atom. The van der Waals surface area contributed by atoms with Crippen LogP contribution in [0.25, 0.3) is 11.2 Å². The number of carbonyl (C=O) groups is 3. The van der Waals surface area contributed by atoms with Crippen molar-refractivity contribution in [2.45, 2.75) is 17.5 Å². The van der Waals surface area contributed by atoms with Gasteiger partial charge in [0.15, 0.2) is 22.2 Å². The molecule has 50 heavy (non-hydrogen) atoms.